The van der Waals surface area contributed by atoms with Crippen LogP contribution >= 0.6 is 0 Å². The van der Waals surface area contributed by atoms with Crippen molar-refractivity contribution >= 4 is 5.82 Å². The first-order valence-electron chi connectivity index (χ1n) is 5.81. The number of hydrogen-bond acceptors (Lipinski definition) is 4. The second-order valence-corrected chi connectivity index (χ2v) is 3.80. The van der Waals surface area contributed by atoms with Crippen LogP contribution in [0.1, 0.15) is 46.2 Å². The van der Waals surface area contributed by atoms with Crippen LogP contribution in [0.5, 0.6) is 0 Å². The zero-order valence-corrected chi connectivity index (χ0v) is 11.2. The van der Waals surface area contributed by atoms with E-state index in [-0.39, 0.29) is 6.04 Å². The number of nitrogen functional groups attached to an aromatic ring is 1. The molecule has 0 spiro atoms. The van der Waals surface area contributed by atoms with Crippen molar-refractivity contribution in [2.24, 2.45) is 0 Å². The molecule has 1 rings (SSSR count). The molecule has 0 aliphatic carbocycles. The SMILES string of the molecule is CC.CC(C)N(C)C(C)c1cncnc1N. The van der Waals surface area contributed by atoms with E-state index in [9.17, 15) is 0 Å². The smallest absolute Gasteiger partial charge is 0.131 e. The van der Waals surface area contributed by atoms with Gasteiger partial charge in [-0.15, -0.1) is 0 Å². The van der Waals surface area contributed by atoms with Gasteiger partial charge in [-0.25, -0.2) is 9.97 Å². The van der Waals surface area contributed by atoms with Crippen molar-refractivity contribution in [2.75, 3.05) is 12.8 Å². The molecule has 4 heteroatoms. The monoisotopic (exact) mass is 224 g/mol. The predicted molar refractivity (Wildman–Crippen MR) is 69.1 cm³/mol. The molecule has 1 aromatic rings. The van der Waals surface area contributed by atoms with Crippen LogP contribution in [-0.4, -0.2) is 28.0 Å². The molecule has 0 fully saturated rings. The third-order valence-electron chi connectivity index (χ3n) is 2.65. The van der Waals surface area contributed by atoms with Crippen LogP contribution in [-0.2, 0) is 0 Å². The molecule has 1 heterocycles. The van der Waals surface area contributed by atoms with E-state index in [4.69, 9.17) is 5.73 Å². The predicted octanol–water partition coefficient (Wildman–Crippen LogP) is 2.49. The Labute approximate surface area is 98.9 Å². The van der Waals surface area contributed by atoms with Gasteiger partial charge < -0.3 is 5.73 Å². The first-order valence-corrected chi connectivity index (χ1v) is 5.81. The van der Waals surface area contributed by atoms with Crippen molar-refractivity contribution in [3.63, 3.8) is 0 Å². The van der Waals surface area contributed by atoms with Gasteiger partial charge in [-0.1, -0.05) is 13.8 Å². The minimum atomic E-state index is 0.246. The molecule has 1 aromatic heterocycles. The molecule has 0 saturated carbocycles. The Morgan fingerprint density at radius 3 is 2.25 bits per heavy atom. The van der Waals surface area contributed by atoms with E-state index in [0.29, 0.717) is 11.9 Å². The first kappa shape index (κ1) is 14.8. The van der Waals surface area contributed by atoms with E-state index in [1.165, 1.54) is 6.33 Å². The van der Waals surface area contributed by atoms with Crippen LogP contribution in [0.3, 0.4) is 0 Å². The van der Waals surface area contributed by atoms with Gasteiger partial charge in [0.05, 0.1) is 0 Å². The molecule has 2 N–H and O–H groups in total. The van der Waals surface area contributed by atoms with Gasteiger partial charge in [-0.3, -0.25) is 4.90 Å². The van der Waals surface area contributed by atoms with Crippen molar-refractivity contribution in [2.45, 2.75) is 46.7 Å². The highest BCUT2D eigenvalue weighted by Crippen LogP contribution is 2.22. The maximum absolute atomic E-state index is 5.78. The zero-order valence-electron chi connectivity index (χ0n) is 11.2. The minimum absolute atomic E-state index is 0.246. The van der Waals surface area contributed by atoms with E-state index in [0.717, 1.165) is 5.56 Å². The summed E-state index contributed by atoms with van der Waals surface area (Å²) in [7, 11) is 2.07. The summed E-state index contributed by atoms with van der Waals surface area (Å²) in [6.07, 6.45) is 3.26. The molecular weight excluding hydrogens is 200 g/mol. The van der Waals surface area contributed by atoms with Crippen LogP contribution in [0.15, 0.2) is 12.5 Å². The number of nitrogens with two attached hydrogens (primary N) is 1. The molecule has 92 valence electrons. The van der Waals surface area contributed by atoms with Gasteiger partial charge >= 0.3 is 0 Å². The number of rotatable bonds is 3. The van der Waals surface area contributed by atoms with E-state index in [1.807, 2.05) is 13.8 Å². The summed E-state index contributed by atoms with van der Waals surface area (Å²) in [5, 5.41) is 0. The van der Waals surface area contributed by atoms with E-state index < -0.39 is 0 Å². The van der Waals surface area contributed by atoms with Gasteiger partial charge in [0, 0.05) is 23.8 Å². The van der Waals surface area contributed by atoms with Crippen molar-refractivity contribution in [3.8, 4) is 0 Å². The Hall–Kier alpha value is -1.16. The normalized spacial score (nSPS) is 12.2. The zero-order chi connectivity index (χ0) is 12.7. The molecule has 4 nitrogen and oxygen atoms in total. The van der Waals surface area contributed by atoms with Crippen LogP contribution in [0.25, 0.3) is 0 Å². The highest BCUT2D eigenvalue weighted by atomic mass is 15.1. The minimum Gasteiger partial charge on any atom is -0.383 e. The van der Waals surface area contributed by atoms with Crippen molar-refractivity contribution in [1.29, 1.82) is 0 Å². The Balaban J connectivity index is 0.00000106. The lowest BCUT2D eigenvalue weighted by Gasteiger charge is -2.28. The fourth-order valence-corrected chi connectivity index (χ4v) is 1.34. The maximum atomic E-state index is 5.78. The van der Waals surface area contributed by atoms with Crippen molar-refractivity contribution in [3.05, 3.63) is 18.1 Å². The highest BCUT2D eigenvalue weighted by Gasteiger charge is 2.16. The molecule has 0 aliphatic rings. The van der Waals surface area contributed by atoms with Gasteiger partial charge in [0.15, 0.2) is 0 Å². The molecule has 0 aliphatic heterocycles. The molecule has 1 atom stereocenters. The summed E-state index contributed by atoms with van der Waals surface area (Å²) in [5.74, 6) is 0.569. The van der Waals surface area contributed by atoms with Crippen LogP contribution < -0.4 is 5.73 Å². The summed E-state index contributed by atoms with van der Waals surface area (Å²) >= 11 is 0. The van der Waals surface area contributed by atoms with Crippen molar-refractivity contribution < 1.29 is 0 Å². The molecule has 0 bridgehead atoms. The Morgan fingerprint density at radius 1 is 1.25 bits per heavy atom. The third kappa shape index (κ3) is 3.77. The Morgan fingerprint density at radius 2 is 1.81 bits per heavy atom. The topological polar surface area (TPSA) is 55.0 Å². The average molecular weight is 224 g/mol. The highest BCUT2D eigenvalue weighted by molar-refractivity contribution is 5.38. The third-order valence-corrected chi connectivity index (χ3v) is 2.65. The molecule has 0 aromatic carbocycles. The van der Waals surface area contributed by atoms with Gasteiger partial charge in [-0.2, -0.15) is 0 Å². The van der Waals surface area contributed by atoms with Crippen LogP contribution in [0, 0.1) is 0 Å². The summed E-state index contributed by atoms with van der Waals surface area (Å²) in [6, 6.07) is 0.723. The van der Waals surface area contributed by atoms with Crippen LogP contribution in [0.2, 0.25) is 0 Å². The van der Waals surface area contributed by atoms with Gasteiger partial charge in [0.2, 0.25) is 0 Å². The average Bonchev–Trinajstić information content (AvgIpc) is 2.30. The lowest BCUT2D eigenvalue weighted by atomic mass is 10.1. The Bertz CT molecular complexity index is 299. The lowest BCUT2D eigenvalue weighted by Crippen LogP contribution is -2.30. The maximum Gasteiger partial charge on any atom is 0.131 e. The molecule has 16 heavy (non-hydrogen) atoms. The number of anilines is 1. The fraction of sp³-hybridized carbons (Fsp3) is 0.667. The van der Waals surface area contributed by atoms with Gasteiger partial charge in [0.1, 0.15) is 12.1 Å². The molecule has 1 unspecified atom stereocenters. The van der Waals surface area contributed by atoms with Gasteiger partial charge in [-0.05, 0) is 27.8 Å². The quantitative estimate of drug-likeness (QED) is 0.857. The summed E-state index contributed by atoms with van der Waals surface area (Å²) in [6.45, 7) is 10.4. The summed E-state index contributed by atoms with van der Waals surface area (Å²) < 4.78 is 0. The largest absolute Gasteiger partial charge is 0.383 e. The second-order valence-electron chi connectivity index (χ2n) is 3.80. The first-order chi connectivity index (χ1) is 7.54. The standard InChI is InChI=1S/C10H18N4.C2H6/c1-7(2)14(4)8(3)9-5-12-6-13-10(9)11;1-2/h5-8H,1-4H3,(H2,11,12,13);1-2H3. The molecular formula is C12H24N4. The van der Waals surface area contributed by atoms with E-state index >= 15 is 0 Å². The van der Waals surface area contributed by atoms with Gasteiger partial charge in [0.25, 0.3) is 0 Å². The summed E-state index contributed by atoms with van der Waals surface area (Å²) in [4.78, 5) is 10.2. The lowest BCUT2D eigenvalue weighted by molar-refractivity contribution is 0.210. The van der Waals surface area contributed by atoms with E-state index in [2.05, 4.69) is 42.7 Å². The molecule has 0 saturated heterocycles. The fourth-order valence-electron chi connectivity index (χ4n) is 1.34. The number of nitrogens with zero attached hydrogens (tertiary/aromatic N) is 3. The second kappa shape index (κ2) is 7.17. The molecule has 0 radical (unpaired) electrons. The number of aromatic nitrogens is 2. The number of hydrogen-bond donors (Lipinski definition) is 1. The molecule has 0 amide bonds. The van der Waals surface area contributed by atoms with Crippen molar-refractivity contribution in [1.82, 2.24) is 14.9 Å². The van der Waals surface area contributed by atoms with E-state index in [1.54, 1.807) is 6.20 Å². The summed E-state index contributed by atoms with van der Waals surface area (Å²) in [5.41, 5.74) is 6.77. The van der Waals surface area contributed by atoms with Crippen LogP contribution in [0.4, 0.5) is 5.82 Å². The Kier molecular flexibility index (Phi) is 6.65.